The molecule has 0 unspecified atom stereocenters. The number of hydrogen-bond donors (Lipinski definition) is 0. The Kier molecular flexibility index (Phi) is 5.91. The van der Waals surface area contributed by atoms with Gasteiger partial charge in [-0.15, -0.1) is 22.2 Å². The van der Waals surface area contributed by atoms with Gasteiger partial charge < -0.3 is 0 Å². The first-order valence-corrected chi connectivity index (χ1v) is 7.06. The van der Waals surface area contributed by atoms with E-state index in [1.54, 1.807) is 0 Å². The van der Waals surface area contributed by atoms with Crippen LogP contribution in [0.1, 0.15) is 0 Å². The van der Waals surface area contributed by atoms with E-state index in [0.717, 1.165) is 5.33 Å². The summed E-state index contributed by atoms with van der Waals surface area (Å²) in [6, 6.07) is 0. The molecule has 0 aromatic rings. The van der Waals surface area contributed by atoms with Gasteiger partial charge in [-0.1, -0.05) is 27.7 Å². The molecule has 7 heavy (non-hydrogen) atoms. The minimum atomic E-state index is -1.45. The second-order valence-corrected chi connectivity index (χ2v) is 6.11. The lowest BCUT2D eigenvalue weighted by molar-refractivity contribution is 1.85. The molecule has 0 bridgehead atoms. The molecule has 0 nitrogen and oxygen atoms in total. The number of rotatable bonds is 2. The van der Waals surface area contributed by atoms with Gasteiger partial charge in [0.2, 0.25) is 0 Å². The number of halogens is 3. The van der Waals surface area contributed by atoms with Crippen molar-refractivity contribution >= 4 is 45.5 Å². The third kappa shape index (κ3) is 7.02. The quantitative estimate of drug-likeness (QED) is 0.380. The van der Waals surface area contributed by atoms with E-state index in [9.17, 15) is 0 Å². The fraction of sp³-hybridized carbons (Fsp3) is 0.333. The van der Waals surface area contributed by atoms with E-state index in [4.69, 9.17) is 22.2 Å². The number of allylic oxidation sites excluding steroid dienone is 1. The average Bonchev–Trinajstić information content (AvgIpc) is 1.61. The highest BCUT2D eigenvalue weighted by Gasteiger charge is 1.89. The largest absolute Gasteiger partial charge is 0.259 e. The van der Waals surface area contributed by atoms with E-state index in [2.05, 4.69) is 15.9 Å². The molecule has 0 fully saturated rings. The van der Waals surface area contributed by atoms with Crippen molar-refractivity contribution in [3.63, 3.8) is 0 Å². The van der Waals surface area contributed by atoms with Gasteiger partial charge >= 0.3 is 0 Å². The highest BCUT2D eigenvalue weighted by molar-refractivity contribution is 9.09. The van der Waals surface area contributed by atoms with Gasteiger partial charge in [-0.05, 0) is 0 Å². The maximum Gasteiger partial charge on any atom is 0.259 e. The van der Waals surface area contributed by atoms with E-state index in [1.807, 2.05) is 11.8 Å². The molecule has 0 aromatic carbocycles. The van der Waals surface area contributed by atoms with Crippen LogP contribution in [0.5, 0.6) is 0 Å². The summed E-state index contributed by atoms with van der Waals surface area (Å²) in [4.78, 5) is 0. The van der Waals surface area contributed by atoms with Crippen LogP contribution in [0, 0.1) is 0 Å². The molecule has 0 spiro atoms. The van der Waals surface area contributed by atoms with Crippen molar-refractivity contribution in [1.82, 2.24) is 0 Å². The lowest BCUT2D eigenvalue weighted by Crippen LogP contribution is -1.82. The Morgan fingerprint density at radius 3 is 2.29 bits per heavy atom. The summed E-state index contributed by atoms with van der Waals surface area (Å²) in [5.74, 6) is 0. The fourth-order valence-electron chi connectivity index (χ4n) is 0.154. The standard InChI is InChI=1S/C3H5BrCl2Si/c4-2-1-3-7(5)6/h1,3,7H,2H2. The van der Waals surface area contributed by atoms with Crippen LogP contribution < -0.4 is 0 Å². The minimum absolute atomic E-state index is 0.843. The van der Waals surface area contributed by atoms with Crippen molar-refractivity contribution in [2.75, 3.05) is 5.33 Å². The highest BCUT2D eigenvalue weighted by Crippen LogP contribution is 1.96. The van der Waals surface area contributed by atoms with Gasteiger partial charge in [0.05, 0.1) is 0 Å². The Balaban J connectivity index is 3.08. The number of alkyl halides is 1. The summed E-state index contributed by atoms with van der Waals surface area (Å²) in [5.41, 5.74) is 1.85. The molecule has 0 aliphatic carbocycles. The van der Waals surface area contributed by atoms with Gasteiger partial charge in [0.15, 0.2) is 0 Å². The molecule has 42 valence electrons. The first-order valence-electron chi connectivity index (χ1n) is 1.78. The maximum absolute atomic E-state index is 5.45. The molecule has 0 N–H and O–H groups in total. The first kappa shape index (κ1) is 8.02. The Morgan fingerprint density at radius 1 is 1.57 bits per heavy atom. The summed E-state index contributed by atoms with van der Waals surface area (Å²) < 4.78 is 0. The Labute approximate surface area is 62.6 Å². The monoisotopic (exact) mass is 218 g/mol. The average molecular weight is 220 g/mol. The van der Waals surface area contributed by atoms with E-state index < -0.39 is 7.42 Å². The zero-order valence-electron chi connectivity index (χ0n) is 3.57. The van der Waals surface area contributed by atoms with E-state index in [1.165, 1.54) is 0 Å². The van der Waals surface area contributed by atoms with Crippen LogP contribution in [-0.4, -0.2) is 12.7 Å². The lowest BCUT2D eigenvalue weighted by atomic mass is 10.8. The highest BCUT2D eigenvalue weighted by atomic mass is 79.9. The van der Waals surface area contributed by atoms with Crippen LogP contribution in [0.2, 0.25) is 0 Å². The van der Waals surface area contributed by atoms with E-state index >= 15 is 0 Å². The predicted molar refractivity (Wildman–Crippen MR) is 41.8 cm³/mol. The van der Waals surface area contributed by atoms with Crippen LogP contribution in [0.25, 0.3) is 0 Å². The van der Waals surface area contributed by atoms with Crippen LogP contribution in [0.3, 0.4) is 0 Å². The smallest absolute Gasteiger partial charge is 0.145 e. The molecular formula is C3H5BrCl2Si. The SMILES string of the molecule is Cl[SiH](Cl)C=CCBr. The predicted octanol–water partition coefficient (Wildman–Crippen LogP) is 2.17. The molecule has 4 heteroatoms. The van der Waals surface area contributed by atoms with Crippen molar-refractivity contribution < 1.29 is 0 Å². The molecule has 0 saturated carbocycles. The zero-order chi connectivity index (χ0) is 5.70. The van der Waals surface area contributed by atoms with Crippen molar-refractivity contribution in [2.24, 2.45) is 0 Å². The molecule has 0 aliphatic heterocycles. The third-order valence-electron chi connectivity index (χ3n) is 0.371. The third-order valence-corrected chi connectivity index (χ3v) is 2.18. The minimum Gasteiger partial charge on any atom is -0.145 e. The normalized spacial score (nSPS) is 11.4. The first-order chi connectivity index (χ1) is 3.27. The van der Waals surface area contributed by atoms with Crippen molar-refractivity contribution in [3.05, 3.63) is 11.8 Å². The number of hydrogen-bond acceptors (Lipinski definition) is 0. The molecule has 0 saturated heterocycles. The molecule has 0 heterocycles. The van der Waals surface area contributed by atoms with Crippen molar-refractivity contribution in [3.8, 4) is 0 Å². The Bertz CT molecular complexity index is 64.0. The van der Waals surface area contributed by atoms with Gasteiger partial charge in [-0.2, -0.15) is 0 Å². The summed E-state index contributed by atoms with van der Waals surface area (Å²) >= 11 is 14.1. The van der Waals surface area contributed by atoms with Crippen LogP contribution in [-0.2, 0) is 0 Å². The summed E-state index contributed by atoms with van der Waals surface area (Å²) in [5, 5.41) is 0.843. The van der Waals surface area contributed by atoms with Gasteiger partial charge in [0, 0.05) is 5.33 Å². The molecule has 0 atom stereocenters. The topological polar surface area (TPSA) is 0 Å². The molecule has 0 rings (SSSR count). The van der Waals surface area contributed by atoms with Gasteiger partial charge in [0.25, 0.3) is 7.42 Å². The molecule has 0 aromatic heterocycles. The summed E-state index contributed by atoms with van der Waals surface area (Å²) in [7, 11) is -1.45. The lowest BCUT2D eigenvalue weighted by Gasteiger charge is -1.80. The Hall–Kier alpha value is 1.02. The maximum atomic E-state index is 5.45. The zero-order valence-corrected chi connectivity index (χ0v) is 7.83. The molecule has 0 amide bonds. The van der Waals surface area contributed by atoms with Crippen molar-refractivity contribution in [2.45, 2.75) is 0 Å². The van der Waals surface area contributed by atoms with Crippen LogP contribution in [0.4, 0.5) is 0 Å². The van der Waals surface area contributed by atoms with Crippen LogP contribution in [0.15, 0.2) is 11.8 Å². The van der Waals surface area contributed by atoms with Gasteiger partial charge in [-0.25, -0.2) is 0 Å². The van der Waals surface area contributed by atoms with Crippen LogP contribution >= 0.6 is 38.1 Å². The fourth-order valence-corrected chi connectivity index (χ4v) is 1.73. The molecule has 0 radical (unpaired) electrons. The van der Waals surface area contributed by atoms with Crippen molar-refractivity contribution in [1.29, 1.82) is 0 Å². The summed E-state index contributed by atoms with van der Waals surface area (Å²) in [6.45, 7) is 0. The second-order valence-electron chi connectivity index (χ2n) is 0.917. The van der Waals surface area contributed by atoms with E-state index in [0.29, 0.717) is 0 Å². The van der Waals surface area contributed by atoms with E-state index in [-0.39, 0.29) is 0 Å². The van der Waals surface area contributed by atoms with Gasteiger partial charge in [-0.3, -0.25) is 0 Å². The molecule has 0 aliphatic rings. The summed E-state index contributed by atoms with van der Waals surface area (Å²) in [6.07, 6.45) is 1.91. The molecular weight excluding hydrogens is 215 g/mol. The van der Waals surface area contributed by atoms with Gasteiger partial charge in [0.1, 0.15) is 0 Å². The Morgan fingerprint density at radius 2 is 2.14 bits per heavy atom. The second kappa shape index (κ2) is 5.16.